The van der Waals surface area contributed by atoms with Crippen LogP contribution in [0.4, 0.5) is 10.5 Å². The summed E-state index contributed by atoms with van der Waals surface area (Å²) in [5, 5.41) is 0.131. The summed E-state index contributed by atoms with van der Waals surface area (Å²) in [6.45, 7) is 0. The SMILES string of the molecule is NC(=O)N(c1ccc(Cl)cc1)S(=O)(=O)CSc1ccccc1. The molecule has 0 aliphatic carbocycles. The zero-order valence-corrected chi connectivity index (χ0v) is 13.7. The number of carbonyl (C=O) groups is 1. The number of thioether (sulfide) groups is 1. The topological polar surface area (TPSA) is 80.5 Å². The molecule has 2 rings (SSSR count). The lowest BCUT2D eigenvalue weighted by atomic mass is 10.3. The molecule has 0 atom stereocenters. The van der Waals surface area contributed by atoms with E-state index in [-0.39, 0.29) is 10.8 Å². The number of hydrogen-bond donors (Lipinski definition) is 1. The molecule has 2 aromatic rings. The number of nitrogens with two attached hydrogens (primary N) is 1. The molecule has 116 valence electrons. The van der Waals surface area contributed by atoms with E-state index in [0.717, 1.165) is 16.7 Å². The van der Waals surface area contributed by atoms with Crippen LogP contribution in [0.5, 0.6) is 0 Å². The number of urea groups is 1. The van der Waals surface area contributed by atoms with Crippen LogP contribution in [0.2, 0.25) is 5.02 Å². The molecule has 0 saturated carbocycles. The second-order valence-corrected chi connectivity index (χ2v) is 7.93. The fraction of sp³-hybridized carbons (Fsp3) is 0.0714. The standard InChI is InChI=1S/C14H13ClN2O3S2/c15-11-6-8-12(9-7-11)17(14(16)18)22(19,20)10-21-13-4-2-1-3-5-13/h1-9H,10H2,(H2,16,18). The largest absolute Gasteiger partial charge is 0.350 e. The molecule has 0 radical (unpaired) electrons. The molecule has 0 saturated heterocycles. The molecule has 2 amide bonds. The number of anilines is 1. The van der Waals surface area contributed by atoms with Gasteiger partial charge in [0.05, 0.1) is 5.69 Å². The minimum absolute atomic E-state index is 0.158. The first kappa shape index (κ1) is 16.7. The smallest absolute Gasteiger partial charge is 0.333 e. The van der Waals surface area contributed by atoms with E-state index >= 15 is 0 Å². The molecular formula is C14H13ClN2O3S2. The highest BCUT2D eigenvalue weighted by atomic mass is 35.5. The molecule has 0 aliphatic rings. The molecular weight excluding hydrogens is 344 g/mol. The van der Waals surface area contributed by atoms with Gasteiger partial charge in [0, 0.05) is 9.92 Å². The van der Waals surface area contributed by atoms with E-state index in [1.165, 1.54) is 24.3 Å². The zero-order chi connectivity index (χ0) is 16.2. The van der Waals surface area contributed by atoms with Crippen LogP contribution in [-0.4, -0.2) is 19.5 Å². The number of carbonyl (C=O) groups excluding carboxylic acids is 1. The normalized spacial score (nSPS) is 11.1. The van der Waals surface area contributed by atoms with Gasteiger partial charge < -0.3 is 5.73 Å². The third-order valence-electron chi connectivity index (χ3n) is 2.66. The molecule has 0 spiro atoms. The van der Waals surface area contributed by atoms with Gasteiger partial charge in [-0.3, -0.25) is 0 Å². The van der Waals surface area contributed by atoms with Gasteiger partial charge in [-0.2, -0.15) is 4.31 Å². The lowest BCUT2D eigenvalue weighted by Gasteiger charge is -2.20. The number of benzene rings is 2. The Bertz CT molecular complexity index is 749. The van der Waals surface area contributed by atoms with E-state index in [0.29, 0.717) is 9.33 Å². The van der Waals surface area contributed by atoms with Crippen molar-refractivity contribution in [3.63, 3.8) is 0 Å². The molecule has 0 fully saturated rings. The van der Waals surface area contributed by atoms with Gasteiger partial charge in [-0.05, 0) is 36.4 Å². The van der Waals surface area contributed by atoms with Gasteiger partial charge in [0.1, 0.15) is 5.08 Å². The van der Waals surface area contributed by atoms with E-state index < -0.39 is 16.1 Å². The summed E-state index contributed by atoms with van der Waals surface area (Å²) < 4.78 is 25.4. The van der Waals surface area contributed by atoms with Gasteiger partial charge in [0.25, 0.3) is 10.0 Å². The van der Waals surface area contributed by atoms with Crippen molar-refractivity contribution in [1.82, 2.24) is 0 Å². The maximum Gasteiger partial charge on any atom is 0.333 e. The van der Waals surface area contributed by atoms with E-state index in [2.05, 4.69) is 0 Å². The molecule has 2 aromatic carbocycles. The second kappa shape index (κ2) is 7.04. The molecule has 22 heavy (non-hydrogen) atoms. The first-order valence-corrected chi connectivity index (χ1v) is 9.13. The van der Waals surface area contributed by atoms with Crippen molar-refractivity contribution in [2.75, 3.05) is 9.39 Å². The highest BCUT2D eigenvalue weighted by Gasteiger charge is 2.27. The number of rotatable bonds is 5. The Kier molecular flexibility index (Phi) is 5.33. The van der Waals surface area contributed by atoms with E-state index in [9.17, 15) is 13.2 Å². The highest BCUT2D eigenvalue weighted by molar-refractivity contribution is 8.13. The summed E-state index contributed by atoms with van der Waals surface area (Å²) in [5.74, 6) is 0. The van der Waals surface area contributed by atoms with Crippen molar-refractivity contribution in [1.29, 1.82) is 0 Å². The molecule has 0 aliphatic heterocycles. The summed E-state index contributed by atoms with van der Waals surface area (Å²) in [6, 6.07) is 13.8. The van der Waals surface area contributed by atoms with Gasteiger partial charge in [-0.15, -0.1) is 11.8 Å². The maximum atomic E-state index is 12.4. The predicted molar refractivity (Wildman–Crippen MR) is 89.6 cm³/mol. The average Bonchev–Trinajstić information content (AvgIpc) is 2.48. The van der Waals surface area contributed by atoms with Crippen LogP contribution in [0.15, 0.2) is 59.5 Å². The number of sulfonamides is 1. The number of halogens is 1. The minimum atomic E-state index is -3.91. The zero-order valence-electron chi connectivity index (χ0n) is 11.3. The van der Waals surface area contributed by atoms with Crippen molar-refractivity contribution >= 4 is 45.1 Å². The number of nitrogens with zero attached hydrogens (tertiary/aromatic N) is 1. The Balaban J connectivity index is 2.23. The van der Waals surface area contributed by atoms with Crippen LogP contribution >= 0.6 is 23.4 Å². The average molecular weight is 357 g/mol. The van der Waals surface area contributed by atoms with Gasteiger partial charge in [0.2, 0.25) is 0 Å². The Labute approximate surface area is 138 Å². The van der Waals surface area contributed by atoms with Gasteiger partial charge in [0.15, 0.2) is 0 Å². The van der Waals surface area contributed by atoms with Crippen LogP contribution in [0.1, 0.15) is 0 Å². The van der Waals surface area contributed by atoms with Crippen LogP contribution in [0.3, 0.4) is 0 Å². The molecule has 0 aromatic heterocycles. The molecule has 5 nitrogen and oxygen atoms in total. The van der Waals surface area contributed by atoms with Crippen LogP contribution in [-0.2, 0) is 10.0 Å². The lowest BCUT2D eigenvalue weighted by molar-refractivity contribution is 0.257. The molecule has 0 heterocycles. The first-order valence-electron chi connectivity index (χ1n) is 6.16. The second-order valence-electron chi connectivity index (χ2n) is 4.27. The minimum Gasteiger partial charge on any atom is -0.350 e. The lowest BCUT2D eigenvalue weighted by Crippen LogP contribution is -2.41. The van der Waals surface area contributed by atoms with Gasteiger partial charge in [-0.25, -0.2) is 13.2 Å². The summed E-state index contributed by atoms with van der Waals surface area (Å²) in [5.41, 5.74) is 5.39. The number of primary amides is 1. The van der Waals surface area contributed by atoms with Crippen molar-refractivity contribution in [2.24, 2.45) is 5.73 Å². The summed E-state index contributed by atoms with van der Waals surface area (Å²) in [4.78, 5) is 12.4. The quantitative estimate of drug-likeness (QED) is 0.833. The predicted octanol–water partition coefficient (Wildman–Crippen LogP) is 3.30. The fourth-order valence-electron chi connectivity index (χ4n) is 1.71. The summed E-state index contributed by atoms with van der Waals surface area (Å²) in [6.07, 6.45) is 0. The summed E-state index contributed by atoms with van der Waals surface area (Å²) >= 11 is 6.87. The van der Waals surface area contributed by atoms with Crippen molar-refractivity contribution in [2.45, 2.75) is 4.90 Å². The van der Waals surface area contributed by atoms with Crippen LogP contribution < -0.4 is 10.0 Å². The van der Waals surface area contributed by atoms with Gasteiger partial charge >= 0.3 is 6.03 Å². The molecule has 0 bridgehead atoms. The Morgan fingerprint density at radius 2 is 1.68 bits per heavy atom. The van der Waals surface area contributed by atoms with E-state index in [4.69, 9.17) is 17.3 Å². The fourth-order valence-corrected chi connectivity index (χ4v) is 4.47. The Hall–Kier alpha value is -1.70. The molecule has 2 N–H and O–H groups in total. The van der Waals surface area contributed by atoms with E-state index in [1.54, 1.807) is 24.3 Å². The van der Waals surface area contributed by atoms with E-state index in [1.807, 2.05) is 6.07 Å². The monoisotopic (exact) mass is 356 g/mol. The van der Waals surface area contributed by atoms with Crippen molar-refractivity contribution in [3.8, 4) is 0 Å². The Morgan fingerprint density at radius 3 is 2.23 bits per heavy atom. The third-order valence-corrected chi connectivity index (χ3v) is 6.12. The number of hydrogen-bond acceptors (Lipinski definition) is 4. The third kappa shape index (κ3) is 4.16. The van der Waals surface area contributed by atoms with Crippen molar-refractivity contribution < 1.29 is 13.2 Å². The highest BCUT2D eigenvalue weighted by Crippen LogP contribution is 2.25. The summed E-state index contributed by atoms with van der Waals surface area (Å²) in [7, 11) is -3.91. The number of amides is 2. The van der Waals surface area contributed by atoms with Gasteiger partial charge in [-0.1, -0.05) is 29.8 Å². The molecule has 8 heteroatoms. The van der Waals surface area contributed by atoms with Crippen LogP contribution in [0.25, 0.3) is 0 Å². The Morgan fingerprint density at radius 1 is 1.09 bits per heavy atom. The molecule has 0 unspecified atom stereocenters. The first-order chi connectivity index (χ1) is 10.4. The maximum absolute atomic E-state index is 12.4. The van der Waals surface area contributed by atoms with Crippen LogP contribution in [0, 0.1) is 0 Å². The van der Waals surface area contributed by atoms with Crippen molar-refractivity contribution in [3.05, 3.63) is 59.6 Å².